The molecule has 1 amide bonds. The van der Waals surface area contributed by atoms with Crippen molar-refractivity contribution in [3.8, 4) is 0 Å². The summed E-state index contributed by atoms with van der Waals surface area (Å²) < 4.78 is 5.23. The first kappa shape index (κ1) is 10.7. The van der Waals surface area contributed by atoms with E-state index in [1.54, 1.807) is 19.5 Å². The standard InChI is InChI=1S/C13H18N2O2/c1-10(16)15-9-13(5-3-2-4-6-13)14-11-7-17-8-12(11)15/h7-8,14H,2-6,9H2,1H3. The number of furan rings is 1. The quantitative estimate of drug-likeness (QED) is 0.750. The minimum Gasteiger partial charge on any atom is -0.468 e. The highest BCUT2D eigenvalue weighted by atomic mass is 16.3. The summed E-state index contributed by atoms with van der Waals surface area (Å²) in [7, 11) is 0. The van der Waals surface area contributed by atoms with Gasteiger partial charge in [0.25, 0.3) is 0 Å². The Morgan fingerprint density at radius 1 is 1.35 bits per heavy atom. The highest BCUT2D eigenvalue weighted by Gasteiger charge is 2.40. The second-order valence-corrected chi connectivity index (χ2v) is 5.24. The summed E-state index contributed by atoms with van der Waals surface area (Å²) in [5, 5.41) is 3.59. The fraction of sp³-hybridized carbons (Fsp3) is 0.615. The molecule has 0 aromatic carbocycles. The molecule has 1 aromatic rings. The fourth-order valence-electron chi connectivity index (χ4n) is 3.10. The summed E-state index contributed by atoms with van der Waals surface area (Å²) in [4.78, 5) is 13.6. The summed E-state index contributed by atoms with van der Waals surface area (Å²) in [6.45, 7) is 2.40. The van der Waals surface area contributed by atoms with E-state index in [2.05, 4.69) is 5.32 Å². The van der Waals surface area contributed by atoms with Crippen LogP contribution in [0.15, 0.2) is 16.9 Å². The van der Waals surface area contributed by atoms with Crippen LogP contribution >= 0.6 is 0 Å². The van der Waals surface area contributed by atoms with Crippen LogP contribution < -0.4 is 10.2 Å². The average molecular weight is 234 g/mol. The van der Waals surface area contributed by atoms with Crippen LogP contribution in [0.3, 0.4) is 0 Å². The summed E-state index contributed by atoms with van der Waals surface area (Å²) in [6, 6.07) is 0. The molecule has 1 aliphatic carbocycles. The van der Waals surface area contributed by atoms with Crippen molar-refractivity contribution in [1.29, 1.82) is 0 Å². The van der Waals surface area contributed by atoms with Crippen molar-refractivity contribution in [1.82, 2.24) is 0 Å². The third-order valence-corrected chi connectivity index (χ3v) is 3.98. The molecule has 0 saturated heterocycles. The Balaban J connectivity index is 1.95. The molecule has 92 valence electrons. The van der Waals surface area contributed by atoms with Gasteiger partial charge in [-0.3, -0.25) is 4.79 Å². The Morgan fingerprint density at radius 3 is 2.82 bits per heavy atom. The van der Waals surface area contributed by atoms with Crippen LogP contribution in [0, 0.1) is 0 Å². The summed E-state index contributed by atoms with van der Waals surface area (Å²) in [5.74, 6) is 0.0964. The van der Waals surface area contributed by atoms with Gasteiger partial charge in [-0.2, -0.15) is 0 Å². The summed E-state index contributed by atoms with van der Waals surface area (Å²) >= 11 is 0. The highest BCUT2D eigenvalue weighted by Crippen LogP contribution is 2.41. The maximum absolute atomic E-state index is 11.7. The Hall–Kier alpha value is -1.45. The second kappa shape index (κ2) is 3.79. The lowest BCUT2D eigenvalue weighted by Gasteiger charge is -2.45. The number of hydrogen-bond acceptors (Lipinski definition) is 3. The molecule has 1 N–H and O–H groups in total. The predicted octanol–water partition coefficient (Wildman–Crippen LogP) is 2.76. The van der Waals surface area contributed by atoms with Crippen molar-refractivity contribution in [2.24, 2.45) is 0 Å². The number of anilines is 2. The van der Waals surface area contributed by atoms with Crippen molar-refractivity contribution in [2.45, 2.75) is 44.6 Å². The monoisotopic (exact) mass is 234 g/mol. The van der Waals surface area contributed by atoms with Crippen molar-refractivity contribution in [3.05, 3.63) is 12.5 Å². The van der Waals surface area contributed by atoms with E-state index in [-0.39, 0.29) is 11.4 Å². The van der Waals surface area contributed by atoms with Crippen LogP contribution in [0.5, 0.6) is 0 Å². The van der Waals surface area contributed by atoms with E-state index in [0.29, 0.717) is 0 Å². The van der Waals surface area contributed by atoms with Crippen molar-refractivity contribution in [3.63, 3.8) is 0 Å². The van der Waals surface area contributed by atoms with Crippen molar-refractivity contribution in [2.75, 3.05) is 16.8 Å². The maximum Gasteiger partial charge on any atom is 0.224 e. The van der Waals surface area contributed by atoms with Gasteiger partial charge in [0.1, 0.15) is 18.2 Å². The molecule has 17 heavy (non-hydrogen) atoms. The fourth-order valence-corrected chi connectivity index (χ4v) is 3.10. The molecular formula is C13H18N2O2. The molecule has 4 heteroatoms. The lowest BCUT2D eigenvalue weighted by Crippen LogP contribution is -2.54. The molecule has 0 bridgehead atoms. The van der Waals surface area contributed by atoms with Gasteiger partial charge in [0.15, 0.2) is 0 Å². The number of nitrogens with zero attached hydrogens (tertiary/aromatic N) is 1. The zero-order valence-electron chi connectivity index (χ0n) is 10.2. The van der Waals surface area contributed by atoms with Gasteiger partial charge in [0.05, 0.1) is 11.2 Å². The van der Waals surface area contributed by atoms with E-state index in [0.717, 1.165) is 30.8 Å². The van der Waals surface area contributed by atoms with E-state index >= 15 is 0 Å². The Morgan fingerprint density at radius 2 is 2.12 bits per heavy atom. The van der Waals surface area contributed by atoms with Crippen LogP contribution in [0.1, 0.15) is 39.0 Å². The summed E-state index contributed by atoms with van der Waals surface area (Å²) in [5.41, 5.74) is 1.92. The zero-order chi connectivity index (χ0) is 11.9. The van der Waals surface area contributed by atoms with Crippen LogP contribution in [-0.2, 0) is 4.79 Å². The minimum atomic E-state index is 0.0702. The first-order valence-corrected chi connectivity index (χ1v) is 6.33. The van der Waals surface area contributed by atoms with Crippen LogP contribution in [0.2, 0.25) is 0 Å². The largest absolute Gasteiger partial charge is 0.468 e. The van der Waals surface area contributed by atoms with E-state index < -0.39 is 0 Å². The lowest BCUT2D eigenvalue weighted by molar-refractivity contribution is -0.116. The molecule has 0 unspecified atom stereocenters. The topological polar surface area (TPSA) is 45.5 Å². The number of fused-ring (bicyclic) bond motifs is 1. The zero-order valence-corrected chi connectivity index (χ0v) is 10.2. The van der Waals surface area contributed by atoms with Crippen molar-refractivity contribution >= 4 is 17.3 Å². The van der Waals surface area contributed by atoms with Crippen LogP contribution in [0.4, 0.5) is 11.4 Å². The van der Waals surface area contributed by atoms with Crippen LogP contribution in [0.25, 0.3) is 0 Å². The predicted molar refractivity (Wildman–Crippen MR) is 66.2 cm³/mol. The molecule has 1 saturated carbocycles. The molecular weight excluding hydrogens is 216 g/mol. The van der Waals surface area contributed by atoms with Gasteiger partial charge in [0, 0.05) is 13.5 Å². The molecule has 1 aromatic heterocycles. The number of rotatable bonds is 0. The van der Waals surface area contributed by atoms with E-state index in [1.165, 1.54) is 19.3 Å². The lowest BCUT2D eigenvalue weighted by atomic mass is 9.80. The molecule has 1 fully saturated rings. The molecule has 1 aliphatic heterocycles. The number of nitrogens with one attached hydrogen (secondary N) is 1. The van der Waals surface area contributed by atoms with Gasteiger partial charge in [-0.05, 0) is 12.8 Å². The molecule has 4 nitrogen and oxygen atoms in total. The van der Waals surface area contributed by atoms with E-state index in [4.69, 9.17) is 4.42 Å². The highest BCUT2D eigenvalue weighted by molar-refractivity contribution is 5.96. The van der Waals surface area contributed by atoms with Gasteiger partial charge >= 0.3 is 0 Å². The van der Waals surface area contributed by atoms with E-state index in [1.807, 2.05) is 4.90 Å². The molecule has 3 rings (SSSR count). The normalized spacial score (nSPS) is 22.1. The first-order valence-electron chi connectivity index (χ1n) is 6.33. The number of carbonyl (C=O) groups excluding carboxylic acids is 1. The Kier molecular flexibility index (Phi) is 2.38. The Bertz CT molecular complexity index is 432. The summed E-state index contributed by atoms with van der Waals surface area (Å²) in [6.07, 6.45) is 9.43. The number of amides is 1. The van der Waals surface area contributed by atoms with E-state index in [9.17, 15) is 4.79 Å². The SMILES string of the molecule is CC(=O)N1CC2(CCCCC2)Nc2cocc21. The first-order chi connectivity index (χ1) is 8.20. The van der Waals surface area contributed by atoms with Gasteiger partial charge < -0.3 is 14.6 Å². The van der Waals surface area contributed by atoms with Gasteiger partial charge in [0.2, 0.25) is 5.91 Å². The molecule has 2 heterocycles. The third-order valence-electron chi connectivity index (χ3n) is 3.98. The smallest absolute Gasteiger partial charge is 0.224 e. The number of carbonyl (C=O) groups is 1. The average Bonchev–Trinajstić information content (AvgIpc) is 2.76. The van der Waals surface area contributed by atoms with Crippen molar-refractivity contribution < 1.29 is 9.21 Å². The second-order valence-electron chi connectivity index (χ2n) is 5.24. The Labute approximate surface area is 101 Å². The third kappa shape index (κ3) is 1.72. The van der Waals surface area contributed by atoms with Gasteiger partial charge in [-0.1, -0.05) is 19.3 Å². The van der Waals surface area contributed by atoms with Crippen LogP contribution in [-0.4, -0.2) is 18.0 Å². The minimum absolute atomic E-state index is 0.0702. The maximum atomic E-state index is 11.7. The molecule has 0 radical (unpaired) electrons. The van der Waals surface area contributed by atoms with Gasteiger partial charge in [-0.15, -0.1) is 0 Å². The van der Waals surface area contributed by atoms with Gasteiger partial charge in [-0.25, -0.2) is 0 Å². The molecule has 1 spiro atoms. The number of hydrogen-bond donors (Lipinski definition) is 1. The molecule has 0 atom stereocenters. The molecule has 2 aliphatic rings.